The van der Waals surface area contributed by atoms with Crippen molar-refractivity contribution in [1.29, 1.82) is 0 Å². The van der Waals surface area contributed by atoms with Gasteiger partial charge in [-0.3, -0.25) is 4.79 Å². The number of hydrogen-bond donors (Lipinski definition) is 0. The summed E-state index contributed by atoms with van der Waals surface area (Å²) in [5.74, 6) is -1.87. The molecular formula is C18H9BrClF3OS. The summed E-state index contributed by atoms with van der Waals surface area (Å²) in [4.78, 5) is 12.9. The van der Waals surface area contributed by atoms with Crippen LogP contribution in [0, 0.1) is 0 Å². The number of hydrogen-bond acceptors (Lipinski definition) is 2. The molecule has 0 aromatic heterocycles. The number of benzene rings is 3. The number of halogens is 5. The molecule has 128 valence electrons. The van der Waals surface area contributed by atoms with Crippen LogP contribution in [0.4, 0.5) is 13.2 Å². The molecule has 0 amide bonds. The third-order valence-corrected chi connectivity index (χ3v) is 5.54. The summed E-state index contributed by atoms with van der Waals surface area (Å²) >= 11 is 10.2. The fourth-order valence-electron chi connectivity index (χ4n) is 2.36. The van der Waals surface area contributed by atoms with Crippen molar-refractivity contribution >= 4 is 55.8 Å². The van der Waals surface area contributed by atoms with Crippen LogP contribution in [0.15, 0.2) is 68.9 Å². The molecule has 0 aliphatic carbocycles. The number of carbonyl (C=O) groups is 1. The SMILES string of the molecule is O=C(c1cc(Br)c2ccccc2c1Sc1ccc(Cl)cc1)C(F)(F)F. The van der Waals surface area contributed by atoms with Crippen LogP contribution < -0.4 is 0 Å². The molecule has 0 atom stereocenters. The van der Waals surface area contributed by atoms with Gasteiger partial charge in [0.05, 0.1) is 0 Å². The topological polar surface area (TPSA) is 17.1 Å². The summed E-state index contributed by atoms with van der Waals surface area (Å²) in [7, 11) is 0. The zero-order valence-corrected chi connectivity index (χ0v) is 15.6. The van der Waals surface area contributed by atoms with Crippen molar-refractivity contribution in [3.63, 3.8) is 0 Å². The molecule has 0 heterocycles. The quantitative estimate of drug-likeness (QED) is 0.398. The van der Waals surface area contributed by atoms with E-state index >= 15 is 0 Å². The summed E-state index contributed by atoms with van der Waals surface area (Å²) < 4.78 is 39.6. The Labute approximate surface area is 159 Å². The standard InChI is InChI=1S/C18H9BrClF3OS/c19-15-9-14(17(24)18(21,22)23)16(13-4-2-1-3-12(13)15)25-11-7-5-10(20)6-8-11/h1-9H. The molecule has 3 aromatic rings. The van der Waals surface area contributed by atoms with Gasteiger partial charge in [0.15, 0.2) is 0 Å². The van der Waals surface area contributed by atoms with Gasteiger partial charge >= 0.3 is 6.18 Å². The minimum Gasteiger partial charge on any atom is -0.284 e. The van der Waals surface area contributed by atoms with E-state index in [1.54, 1.807) is 48.5 Å². The van der Waals surface area contributed by atoms with Gasteiger partial charge in [-0.25, -0.2) is 0 Å². The van der Waals surface area contributed by atoms with Crippen molar-refractivity contribution < 1.29 is 18.0 Å². The van der Waals surface area contributed by atoms with Crippen LogP contribution in [0.1, 0.15) is 10.4 Å². The van der Waals surface area contributed by atoms with Crippen LogP contribution in [0.2, 0.25) is 5.02 Å². The molecule has 0 aliphatic heterocycles. The van der Waals surface area contributed by atoms with Crippen LogP contribution in [-0.2, 0) is 0 Å². The van der Waals surface area contributed by atoms with E-state index in [4.69, 9.17) is 11.6 Å². The second-order valence-electron chi connectivity index (χ2n) is 5.16. The first-order valence-electron chi connectivity index (χ1n) is 7.03. The Bertz CT molecular complexity index is 955. The predicted molar refractivity (Wildman–Crippen MR) is 97.6 cm³/mol. The van der Waals surface area contributed by atoms with Crippen molar-refractivity contribution in [2.24, 2.45) is 0 Å². The fraction of sp³-hybridized carbons (Fsp3) is 0.0556. The first kappa shape index (κ1) is 18.3. The Morgan fingerprint density at radius 1 is 1.00 bits per heavy atom. The van der Waals surface area contributed by atoms with Crippen LogP contribution in [0.3, 0.4) is 0 Å². The molecule has 1 nitrogen and oxygen atoms in total. The molecule has 0 aliphatic rings. The van der Waals surface area contributed by atoms with Crippen molar-refractivity contribution in [2.45, 2.75) is 16.0 Å². The lowest BCUT2D eigenvalue weighted by molar-refractivity contribution is -0.0886. The van der Waals surface area contributed by atoms with Gasteiger partial charge in [-0.15, -0.1) is 0 Å². The summed E-state index contributed by atoms with van der Waals surface area (Å²) in [6.07, 6.45) is -4.95. The molecule has 0 bridgehead atoms. The second-order valence-corrected chi connectivity index (χ2v) is 7.54. The average molecular weight is 446 g/mol. The molecule has 0 spiro atoms. The Hall–Kier alpha value is -1.50. The van der Waals surface area contributed by atoms with Gasteiger partial charge < -0.3 is 0 Å². The van der Waals surface area contributed by atoms with Crippen molar-refractivity contribution in [2.75, 3.05) is 0 Å². The van der Waals surface area contributed by atoms with E-state index in [0.29, 0.717) is 19.8 Å². The molecule has 0 unspecified atom stereocenters. The average Bonchev–Trinajstić information content (AvgIpc) is 2.57. The summed E-state index contributed by atoms with van der Waals surface area (Å²) in [5, 5.41) is 1.83. The smallest absolute Gasteiger partial charge is 0.284 e. The van der Waals surface area contributed by atoms with Gasteiger partial charge in [0.25, 0.3) is 5.78 Å². The highest BCUT2D eigenvalue weighted by Gasteiger charge is 2.41. The number of carbonyl (C=O) groups excluding carboxylic acids is 1. The highest BCUT2D eigenvalue weighted by molar-refractivity contribution is 9.10. The van der Waals surface area contributed by atoms with Gasteiger partial charge in [0.2, 0.25) is 0 Å². The molecule has 25 heavy (non-hydrogen) atoms. The van der Waals surface area contributed by atoms with Gasteiger partial charge in [-0.2, -0.15) is 13.2 Å². The molecule has 0 fully saturated rings. The zero-order valence-electron chi connectivity index (χ0n) is 12.4. The first-order chi connectivity index (χ1) is 11.8. The predicted octanol–water partition coefficient (Wildman–Crippen LogP) is 7.15. The van der Waals surface area contributed by atoms with Crippen LogP contribution in [-0.4, -0.2) is 12.0 Å². The number of alkyl halides is 3. The maximum atomic E-state index is 13.0. The lowest BCUT2D eigenvalue weighted by Crippen LogP contribution is -2.23. The third kappa shape index (κ3) is 3.86. The normalized spacial score (nSPS) is 11.7. The Balaban J connectivity index is 2.23. The number of fused-ring (bicyclic) bond motifs is 1. The second kappa shape index (κ2) is 7.02. The van der Waals surface area contributed by atoms with E-state index in [2.05, 4.69) is 15.9 Å². The lowest BCUT2D eigenvalue weighted by Gasteiger charge is -2.15. The fourth-order valence-corrected chi connectivity index (χ4v) is 4.11. The molecule has 0 saturated heterocycles. The van der Waals surface area contributed by atoms with E-state index in [0.717, 1.165) is 17.1 Å². The highest BCUT2D eigenvalue weighted by atomic mass is 79.9. The van der Waals surface area contributed by atoms with Crippen LogP contribution in [0.5, 0.6) is 0 Å². The number of ketones is 1. The number of Topliss-reactive ketones (excluding diaryl/α,β-unsaturated/α-hetero) is 1. The van der Waals surface area contributed by atoms with Crippen molar-refractivity contribution in [1.82, 2.24) is 0 Å². The Kier molecular flexibility index (Phi) is 5.14. The van der Waals surface area contributed by atoms with Crippen LogP contribution >= 0.6 is 39.3 Å². The largest absolute Gasteiger partial charge is 0.454 e. The summed E-state index contributed by atoms with van der Waals surface area (Å²) in [6, 6.07) is 14.9. The molecule has 0 saturated carbocycles. The maximum absolute atomic E-state index is 13.0. The van der Waals surface area contributed by atoms with Crippen molar-refractivity contribution in [3.8, 4) is 0 Å². The van der Waals surface area contributed by atoms with E-state index in [-0.39, 0.29) is 10.5 Å². The Morgan fingerprint density at radius 2 is 1.60 bits per heavy atom. The third-order valence-electron chi connectivity index (χ3n) is 3.48. The molecule has 3 aromatic carbocycles. The minimum absolute atomic E-state index is 0.267. The van der Waals surface area contributed by atoms with Gasteiger partial charge in [-0.05, 0) is 41.1 Å². The molecule has 0 radical (unpaired) electrons. The summed E-state index contributed by atoms with van der Waals surface area (Å²) in [5.41, 5.74) is -0.377. The van der Waals surface area contributed by atoms with Gasteiger partial charge in [0.1, 0.15) is 0 Å². The minimum atomic E-state index is -4.95. The van der Waals surface area contributed by atoms with Crippen LogP contribution in [0.25, 0.3) is 10.8 Å². The summed E-state index contributed by atoms with van der Waals surface area (Å²) in [6.45, 7) is 0. The Morgan fingerprint density at radius 3 is 2.20 bits per heavy atom. The maximum Gasteiger partial charge on any atom is 0.454 e. The zero-order chi connectivity index (χ0) is 18.2. The molecular weight excluding hydrogens is 437 g/mol. The van der Waals surface area contributed by atoms with E-state index in [1.807, 2.05) is 0 Å². The molecule has 7 heteroatoms. The van der Waals surface area contributed by atoms with Gasteiger partial charge in [-0.1, -0.05) is 63.6 Å². The van der Waals surface area contributed by atoms with Crippen molar-refractivity contribution in [3.05, 3.63) is 69.7 Å². The molecule has 3 rings (SSSR count). The van der Waals surface area contributed by atoms with E-state index in [9.17, 15) is 18.0 Å². The van der Waals surface area contributed by atoms with E-state index in [1.165, 1.54) is 6.07 Å². The lowest BCUT2D eigenvalue weighted by atomic mass is 10.0. The van der Waals surface area contributed by atoms with E-state index < -0.39 is 12.0 Å². The van der Waals surface area contributed by atoms with Gasteiger partial charge in [0, 0.05) is 24.8 Å². The molecule has 0 N–H and O–H groups in total. The highest BCUT2D eigenvalue weighted by Crippen LogP contribution is 2.41. The monoisotopic (exact) mass is 444 g/mol. The first-order valence-corrected chi connectivity index (χ1v) is 9.02. The number of rotatable bonds is 3.